The van der Waals surface area contributed by atoms with Crippen LogP contribution in [-0.2, 0) is 11.3 Å². The Morgan fingerprint density at radius 1 is 1.38 bits per heavy atom. The van der Waals surface area contributed by atoms with Crippen LogP contribution in [0.3, 0.4) is 0 Å². The fourth-order valence-corrected chi connectivity index (χ4v) is 2.08. The highest BCUT2D eigenvalue weighted by Crippen LogP contribution is 2.30. The number of phenols is 1. The van der Waals surface area contributed by atoms with Crippen molar-refractivity contribution in [2.45, 2.75) is 19.5 Å². The number of aromatic nitrogens is 2. The Bertz CT molecular complexity index is 583. The van der Waals surface area contributed by atoms with Crippen LogP contribution in [0.5, 0.6) is 11.5 Å². The van der Waals surface area contributed by atoms with Crippen LogP contribution in [0.4, 0.5) is 5.69 Å². The van der Waals surface area contributed by atoms with Gasteiger partial charge in [0.25, 0.3) is 0 Å². The highest BCUT2D eigenvalue weighted by Gasteiger charge is 2.12. The molecule has 0 saturated carbocycles. The Hall–Kier alpha value is -2.21. The minimum atomic E-state index is -0.0693. The summed E-state index contributed by atoms with van der Waals surface area (Å²) in [7, 11) is 3.27. The predicted octanol–water partition coefficient (Wildman–Crippen LogP) is 2.42. The minimum Gasteiger partial charge on any atom is -0.508 e. The number of methoxy groups -OCH3 is 2. The topological polar surface area (TPSA) is 68.5 Å². The number of ether oxygens (including phenoxy) is 2. The lowest BCUT2D eigenvalue weighted by atomic mass is 10.1. The predicted molar refractivity (Wildman–Crippen MR) is 80.8 cm³/mol. The Morgan fingerprint density at radius 3 is 2.90 bits per heavy atom. The third-order valence-electron chi connectivity index (χ3n) is 3.24. The van der Waals surface area contributed by atoms with E-state index in [0.717, 1.165) is 11.3 Å². The average Bonchev–Trinajstić information content (AvgIpc) is 2.93. The van der Waals surface area contributed by atoms with E-state index >= 15 is 0 Å². The molecule has 0 amide bonds. The van der Waals surface area contributed by atoms with Gasteiger partial charge in [-0.3, -0.25) is 4.68 Å². The van der Waals surface area contributed by atoms with E-state index in [1.807, 2.05) is 23.9 Å². The number of nitrogens with one attached hydrogen (secondary N) is 1. The lowest BCUT2D eigenvalue weighted by molar-refractivity contribution is 0.183. The van der Waals surface area contributed by atoms with Gasteiger partial charge in [0.2, 0.25) is 0 Å². The first-order valence-electron chi connectivity index (χ1n) is 6.79. The van der Waals surface area contributed by atoms with Crippen molar-refractivity contribution < 1.29 is 14.6 Å². The second kappa shape index (κ2) is 6.99. The molecule has 0 saturated heterocycles. The highest BCUT2D eigenvalue weighted by molar-refractivity contribution is 5.47. The van der Waals surface area contributed by atoms with Crippen LogP contribution in [-0.4, -0.2) is 35.7 Å². The summed E-state index contributed by atoms with van der Waals surface area (Å²) in [5.74, 6) is 0.954. The molecule has 0 radical (unpaired) electrons. The molecule has 0 aliphatic rings. The molecule has 1 unspecified atom stereocenters. The van der Waals surface area contributed by atoms with E-state index in [-0.39, 0.29) is 11.8 Å². The molecule has 1 atom stereocenters. The van der Waals surface area contributed by atoms with Crippen molar-refractivity contribution in [1.29, 1.82) is 0 Å². The van der Waals surface area contributed by atoms with E-state index in [4.69, 9.17) is 9.47 Å². The second-order valence-corrected chi connectivity index (χ2v) is 4.78. The van der Waals surface area contributed by atoms with Gasteiger partial charge < -0.3 is 19.9 Å². The summed E-state index contributed by atoms with van der Waals surface area (Å²) in [5.41, 5.74) is 1.67. The number of aromatic hydroxyl groups is 1. The summed E-state index contributed by atoms with van der Waals surface area (Å²) in [6.45, 7) is 3.30. The van der Waals surface area contributed by atoms with Crippen LogP contribution in [0.2, 0.25) is 0 Å². The number of nitrogens with zero attached hydrogens (tertiary/aromatic N) is 2. The fraction of sp³-hybridized carbons (Fsp3) is 0.400. The molecule has 0 fully saturated rings. The van der Waals surface area contributed by atoms with Crippen LogP contribution in [0, 0.1) is 0 Å². The molecule has 0 aliphatic heterocycles. The lowest BCUT2D eigenvalue weighted by Gasteiger charge is -2.16. The molecule has 0 spiro atoms. The molecule has 2 aromatic rings. The Labute approximate surface area is 124 Å². The van der Waals surface area contributed by atoms with Gasteiger partial charge in [0, 0.05) is 18.9 Å². The van der Waals surface area contributed by atoms with Crippen molar-refractivity contribution in [1.82, 2.24) is 9.78 Å². The van der Waals surface area contributed by atoms with Crippen LogP contribution in [0.25, 0.3) is 0 Å². The van der Waals surface area contributed by atoms with Gasteiger partial charge in [-0.2, -0.15) is 5.10 Å². The van der Waals surface area contributed by atoms with Crippen molar-refractivity contribution >= 4 is 5.69 Å². The third-order valence-corrected chi connectivity index (χ3v) is 3.24. The normalized spacial score (nSPS) is 12.1. The molecule has 1 aromatic heterocycles. The molecule has 2 rings (SSSR count). The molecular weight excluding hydrogens is 270 g/mol. The molecule has 6 heteroatoms. The summed E-state index contributed by atoms with van der Waals surface area (Å²) in [6.07, 6.45) is 3.66. The van der Waals surface area contributed by atoms with Gasteiger partial charge in [0.15, 0.2) is 0 Å². The summed E-state index contributed by atoms with van der Waals surface area (Å²) in [6, 6.07) is 5.12. The number of rotatable bonds is 7. The van der Waals surface area contributed by atoms with Gasteiger partial charge in [0.05, 0.1) is 38.2 Å². The van der Waals surface area contributed by atoms with Gasteiger partial charge in [-0.25, -0.2) is 0 Å². The Morgan fingerprint density at radius 2 is 2.19 bits per heavy atom. The third kappa shape index (κ3) is 3.88. The maximum atomic E-state index is 9.97. The van der Waals surface area contributed by atoms with Crippen molar-refractivity contribution in [3.63, 3.8) is 0 Å². The van der Waals surface area contributed by atoms with E-state index in [9.17, 15) is 5.11 Å². The van der Waals surface area contributed by atoms with E-state index in [1.54, 1.807) is 32.5 Å². The van der Waals surface area contributed by atoms with Gasteiger partial charge in [-0.15, -0.1) is 0 Å². The van der Waals surface area contributed by atoms with Crippen molar-refractivity contribution in [3.8, 4) is 11.5 Å². The van der Waals surface area contributed by atoms with Gasteiger partial charge in [-0.1, -0.05) is 0 Å². The SMILES string of the molecule is COCCn1cc(NC(C)c2cc(OC)ccc2O)cn1. The number of hydrogen-bond acceptors (Lipinski definition) is 5. The smallest absolute Gasteiger partial charge is 0.121 e. The maximum Gasteiger partial charge on any atom is 0.121 e. The average molecular weight is 291 g/mol. The van der Waals surface area contributed by atoms with Crippen molar-refractivity contribution in [3.05, 3.63) is 36.2 Å². The maximum absolute atomic E-state index is 9.97. The monoisotopic (exact) mass is 291 g/mol. The molecule has 2 N–H and O–H groups in total. The molecule has 1 heterocycles. The summed E-state index contributed by atoms with van der Waals surface area (Å²) >= 11 is 0. The summed E-state index contributed by atoms with van der Waals surface area (Å²) in [4.78, 5) is 0. The Kier molecular flexibility index (Phi) is 5.05. The van der Waals surface area contributed by atoms with E-state index in [1.165, 1.54) is 0 Å². The largest absolute Gasteiger partial charge is 0.508 e. The molecule has 21 heavy (non-hydrogen) atoms. The molecule has 0 aliphatic carbocycles. The van der Waals surface area contributed by atoms with Crippen molar-refractivity contribution in [2.75, 3.05) is 26.1 Å². The molecule has 114 valence electrons. The van der Waals surface area contributed by atoms with E-state index in [0.29, 0.717) is 18.9 Å². The van der Waals surface area contributed by atoms with Crippen LogP contribution < -0.4 is 10.1 Å². The lowest BCUT2D eigenvalue weighted by Crippen LogP contribution is -2.07. The van der Waals surface area contributed by atoms with Gasteiger partial charge in [0.1, 0.15) is 11.5 Å². The van der Waals surface area contributed by atoms with Crippen molar-refractivity contribution in [2.24, 2.45) is 0 Å². The first kappa shape index (κ1) is 15.2. The zero-order chi connectivity index (χ0) is 15.2. The van der Waals surface area contributed by atoms with E-state index in [2.05, 4.69) is 10.4 Å². The number of hydrogen-bond donors (Lipinski definition) is 2. The first-order chi connectivity index (χ1) is 10.1. The van der Waals surface area contributed by atoms with E-state index < -0.39 is 0 Å². The van der Waals surface area contributed by atoms with Crippen LogP contribution in [0.15, 0.2) is 30.6 Å². The zero-order valence-corrected chi connectivity index (χ0v) is 12.5. The van der Waals surface area contributed by atoms with Gasteiger partial charge >= 0.3 is 0 Å². The summed E-state index contributed by atoms with van der Waals surface area (Å²) < 4.78 is 12.0. The Balaban J connectivity index is 2.07. The van der Waals surface area contributed by atoms with Crippen LogP contribution in [0.1, 0.15) is 18.5 Å². The standard InChI is InChI=1S/C15H21N3O3/c1-11(14-8-13(21-3)4-5-15(14)19)17-12-9-16-18(10-12)6-7-20-2/h4-5,8-11,17,19H,6-7H2,1-3H3. The fourth-order valence-electron chi connectivity index (χ4n) is 2.08. The number of phenolic OH excluding ortho intramolecular Hbond substituents is 1. The molecule has 1 aromatic carbocycles. The van der Waals surface area contributed by atoms with Crippen LogP contribution >= 0.6 is 0 Å². The quantitative estimate of drug-likeness (QED) is 0.820. The molecule has 6 nitrogen and oxygen atoms in total. The summed E-state index contributed by atoms with van der Waals surface area (Å²) in [5, 5.41) is 17.5. The number of benzene rings is 1. The van der Waals surface area contributed by atoms with Gasteiger partial charge in [-0.05, 0) is 25.1 Å². The molecular formula is C15H21N3O3. The first-order valence-corrected chi connectivity index (χ1v) is 6.79. The minimum absolute atomic E-state index is 0.0693. The second-order valence-electron chi connectivity index (χ2n) is 4.78. The number of anilines is 1. The zero-order valence-electron chi connectivity index (χ0n) is 12.5. The molecule has 0 bridgehead atoms. The highest BCUT2D eigenvalue weighted by atomic mass is 16.5.